The van der Waals surface area contributed by atoms with E-state index in [1.165, 1.54) is 6.07 Å². The second kappa shape index (κ2) is 3.66. The quantitative estimate of drug-likeness (QED) is 0.351. The van der Waals surface area contributed by atoms with E-state index in [0.717, 1.165) is 0 Å². The summed E-state index contributed by atoms with van der Waals surface area (Å²) in [6.45, 7) is 0. The Balaban J connectivity index is 3.46. The van der Waals surface area contributed by atoms with Crippen molar-refractivity contribution in [3.63, 3.8) is 0 Å². The maximum atomic E-state index is 12.9. The molecule has 0 aliphatic heterocycles. The minimum Gasteiger partial charge on any atom is -0.204 e. The molecule has 1 aromatic rings. The smallest absolute Gasteiger partial charge is 0.153 e. The van der Waals surface area contributed by atoms with Crippen LogP contribution in [0.2, 0.25) is 0 Å². The summed E-state index contributed by atoms with van der Waals surface area (Å²) in [6.07, 6.45) is 0. The molecule has 0 unspecified atom stereocenters. The van der Waals surface area contributed by atoms with Gasteiger partial charge in [0.15, 0.2) is 11.6 Å². The van der Waals surface area contributed by atoms with E-state index in [1.807, 2.05) is 0 Å². The zero-order valence-corrected chi connectivity index (χ0v) is 10.3. The van der Waals surface area contributed by atoms with Crippen molar-refractivity contribution < 1.29 is 8.78 Å². The molecule has 0 amide bonds. The fraction of sp³-hybridized carbons (Fsp3) is 0. The van der Waals surface area contributed by atoms with Crippen molar-refractivity contribution in [2.24, 2.45) is 0 Å². The van der Waals surface area contributed by atoms with Gasteiger partial charge in [-0.05, 0) is 60.5 Å². The molecule has 0 saturated heterocycles. The van der Waals surface area contributed by atoms with Crippen LogP contribution in [0.15, 0.2) is 15.0 Å². The molecule has 0 heterocycles. The third kappa shape index (κ3) is 1.92. The molecule has 0 bridgehead atoms. The molecular weight excluding hydrogens is 397 g/mol. The molecule has 0 spiro atoms. The van der Waals surface area contributed by atoms with Gasteiger partial charge in [0.2, 0.25) is 0 Å². The summed E-state index contributed by atoms with van der Waals surface area (Å²) in [6, 6.07) is 1.34. The van der Waals surface area contributed by atoms with Crippen molar-refractivity contribution >= 4 is 54.5 Å². The van der Waals surface area contributed by atoms with Gasteiger partial charge in [0.1, 0.15) is 0 Å². The predicted octanol–water partition coefficient (Wildman–Crippen LogP) is 4.09. The highest BCUT2D eigenvalue weighted by Crippen LogP contribution is 2.29. The lowest BCUT2D eigenvalue weighted by Gasteiger charge is -2.00. The SMILES string of the molecule is Fc1c(Br)cc(Br)c(F)c1I. The maximum absolute atomic E-state index is 12.9. The summed E-state index contributed by atoms with van der Waals surface area (Å²) < 4.78 is 26.2. The highest BCUT2D eigenvalue weighted by molar-refractivity contribution is 14.1. The molecule has 5 heteroatoms. The van der Waals surface area contributed by atoms with Crippen molar-refractivity contribution in [3.8, 4) is 0 Å². The molecular formula is C6HBr2F2I. The van der Waals surface area contributed by atoms with Gasteiger partial charge in [0, 0.05) is 0 Å². The highest BCUT2D eigenvalue weighted by atomic mass is 127. The van der Waals surface area contributed by atoms with Crippen LogP contribution in [0.5, 0.6) is 0 Å². The zero-order valence-electron chi connectivity index (χ0n) is 4.97. The molecule has 11 heavy (non-hydrogen) atoms. The molecule has 0 aliphatic carbocycles. The van der Waals surface area contributed by atoms with Gasteiger partial charge in [0.05, 0.1) is 12.5 Å². The van der Waals surface area contributed by atoms with E-state index in [9.17, 15) is 8.78 Å². The summed E-state index contributed by atoms with van der Waals surface area (Å²) in [5.41, 5.74) is 0. The fourth-order valence-corrected chi connectivity index (χ4v) is 3.03. The van der Waals surface area contributed by atoms with Gasteiger partial charge in [0.25, 0.3) is 0 Å². The molecule has 1 rings (SSSR count). The Kier molecular flexibility index (Phi) is 3.27. The van der Waals surface area contributed by atoms with Gasteiger partial charge in [-0.1, -0.05) is 0 Å². The zero-order chi connectivity index (χ0) is 8.59. The summed E-state index contributed by atoms with van der Waals surface area (Å²) in [4.78, 5) is 0. The normalized spacial score (nSPS) is 10.3. The Hall–Kier alpha value is 0.770. The third-order valence-electron chi connectivity index (χ3n) is 1.06. The largest absolute Gasteiger partial charge is 0.204 e. The van der Waals surface area contributed by atoms with Crippen molar-refractivity contribution in [1.82, 2.24) is 0 Å². The van der Waals surface area contributed by atoms with Crippen molar-refractivity contribution in [3.05, 3.63) is 30.2 Å². The number of rotatable bonds is 0. The molecule has 0 fully saturated rings. The van der Waals surface area contributed by atoms with Crippen LogP contribution in [0, 0.1) is 15.2 Å². The first kappa shape index (κ1) is 9.85. The molecule has 0 atom stereocenters. The first-order valence-corrected chi connectivity index (χ1v) is 5.19. The Bertz CT molecular complexity index is 275. The fourth-order valence-electron chi connectivity index (χ4n) is 0.544. The average Bonchev–Trinajstić information content (AvgIpc) is 1.97. The van der Waals surface area contributed by atoms with E-state index in [1.54, 1.807) is 22.6 Å². The van der Waals surface area contributed by atoms with Crippen LogP contribution in [-0.2, 0) is 0 Å². The van der Waals surface area contributed by atoms with Crippen molar-refractivity contribution in [2.45, 2.75) is 0 Å². The van der Waals surface area contributed by atoms with Crippen LogP contribution in [-0.4, -0.2) is 0 Å². The molecule has 0 N–H and O–H groups in total. The van der Waals surface area contributed by atoms with E-state index >= 15 is 0 Å². The van der Waals surface area contributed by atoms with E-state index in [2.05, 4.69) is 31.9 Å². The van der Waals surface area contributed by atoms with Crippen LogP contribution in [0.1, 0.15) is 0 Å². The third-order valence-corrected chi connectivity index (χ3v) is 3.16. The summed E-state index contributed by atoms with van der Waals surface area (Å²) in [7, 11) is 0. The van der Waals surface area contributed by atoms with Crippen LogP contribution in [0.4, 0.5) is 8.78 Å². The van der Waals surface area contributed by atoms with Crippen LogP contribution >= 0.6 is 54.5 Å². The Morgan fingerprint density at radius 3 is 1.82 bits per heavy atom. The molecule has 0 radical (unpaired) electrons. The molecule has 0 nitrogen and oxygen atoms in total. The highest BCUT2D eigenvalue weighted by Gasteiger charge is 2.12. The number of hydrogen-bond acceptors (Lipinski definition) is 0. The maximum Gasteiger partial charge on any atom is 0.153 e. The summed E-state index contributed by atoms with van der Waals surface area (Å²) in [5.74, 6) is -1.13. The second-order valence-corrected chi connectivity index (χ2v) is 4.57. The Morgan fingerprint density at radius 2 is 1.45 bits per heavy atom. The average molecular weight is 398 g/mol. The van der Waals surface area contributed by atoms with E-state index in [4.69, 9.17) is 0 Å². The lowest BCUT2D eigenvalue weighted by molar-refractivity contribution is 0.562. The monoisotopic (exact) mass is 396 g/mol. The molecule has 0 aromatic heterocycles. The van der Waals surface area contributed by atoms with E-state index in [-0.39, 0.29) is 12.5 Å². The summed E-state index contributed by atoms with van der Waals surface area (Å²) >= 11 is 7.52. The van der Waals surface area contributed by atoms with Gasteiger partial charge in [-0.3, -0.25) is 0 Å². The van der Waals surface area contributed by atoms with Gasteiger partial charge >= 0.3 is 0 Å². The minimum atomic E-state index is -0.564. The first-order chi connectivity index (χ1) is 5.04. The minimum absolute atomic E-state index is 0.0103. The standard InChI is InChI=1S/C6HBr2F2I/c7-2-1-3(8)5(10)6(11)4(2)9/h1H. The topological polar surface area (TPSA) is 0 Å². The van der Waals surface area contributed by atoms with Gasteiger partial charge in [-0.2, -0.15) is 0 Å². The lowest BCUT2D eigenvalue weighted by atomic mass is 10.3. The second-order valence-electron chi connectivity index (χ2n) is 1.78. The Labute approximate surface area is 92.8 Å². The first-order valence-electron chi connectivity index (χ1n) is 2.52. The van der Waals surface area contributed by atoms with Gasteiger partial charge < -0.3 is 0 Å². The van der Waals surface area contributed by atoms with Crippen molar-refractivity contribution in [2.75, 3.05) is 0 Å². The molecule has 1 aromatic carbocycles. The summed E-state index contributed by atoms with van der Waals surface area (Å²) in [5, 5.41) is 0. The molecule has 60 valence electrons. The Morgan fingerprint density at radius 1 is 1.09 bits per heavy atom. The lowest BCUT2D eigenvalue weighted by Crippen LogP contribution is -1.90. The predicted molar refractivity (Wildman–Crippen MR) is 54.5 cm³/mol. The van der Waals surface area contributed by atoms with Crippen molar-refractivity contribution in [1.29, 1.82) is 0 Å². The molecule has 0 saturated carbocycles. The number of hydrogen-bond donors (Lipinski definition) is 0. The molecule has 0 aliphatic rings. The van der Waals surface area contributed by atoms with Gasteiger partial charge in [-0.15, -0.1) is 0 Å². The number of benzene rings is 1. The van der Waals surface area contributed by atoms with Crippen LogP contribution in [0.3, 0.4) is 0 Å². The van der Waals surface area contributed by atoms with Gasteiger partial charge in [-0.25, -0.2) is 8.78 Å². The van der Waals surface area contributed by atoms with Crippen LogP contribution < -0.4 is 0 Å². The van der Waals surface area contributed by atoms with E-state index < -0.39 is 11.6 Å². The van der Waals surface area contributed by atoms with Crippen LogP contribution in [0.25, 0.3) is 0 Å². The van der Waals surface area contributed by atoms with E-state index in [0.29, 0.717) is 0 Å². The number of halogens is 5.